The minimum Gasteiger partial charge on any atom is -0.507 e. The molecule has 0 aliphatic heterocycles. The Morgan fingerprint density at radius 2 is 1.81 bits per heavy atom. The summed E-state index contributed by atoms with van der Waals surface area (Å²) >= 11 is 0. The molecule has 0 saturated heterocycles. The zero-order valence-corrected chi connectivity index (χ0v) is 9.44. The number of phenols is 1. The maximum absolute atomic E-state index is 11.3. The zero-order valence-electron chi connectivity index (χ0n) is 9.44. The molecular weight excluding hydrogens is 208 g/mol. The number of carboxylic acids is 1. The predicted molar refractivity (Wildman–Crippen MR) is 58.9 cm³/mol. The average Bonchev–Trinajstić information content (AvgIpc) is 2.16. The Morgan fingerprint density at radius 3 is 2.25 bits per heavy atom. The molecule has 4 nitrogen and oxygen atoms in total. The van der Waals surface area contributed by atoms with E-state index in [1.165, 1.54) is 12.1 Å². The molecule has 86 valence electrons. The van der Waals surface area contributed by atoms with Gasteiger partial charge in [-0.3, -0.25) is 4.79 Å². The molecule has 0 spiro atoms. The van der Waals surface area contributed by atoms with Crippen molar-refractivity contribution in [2.24, 2.45) is 0 Å². The Balaban J connectivity index is 3.36. The SMILES string of the molecule is Cc1cc(O)c(C(=O)C(=O)O)cc1C(C)C. The van der Waals surface area contributed by atoms with Gasteiger partial charge in [0, 0.05) is 0 Å². The van der Waals surface area contributed by atoms with E-state index in [0.717, 1.165) is 11.1 Å². The number of carbonyl (C=O) groups excluding carboxylic acids is 1. The Hall–Kier alpha value is -1.84. The molecule has 1 rings (SSSR count). The van der Waals surface area contributed by atoms with Gasteiger partial charge in [-0.25, -0.2) is 4.79 Å². The molecule has 4 heteroatoms. The highest BCUT2D eigenvalue weighted by Gasteiger charge is 2.20. The van der Waals surface area contributed by atoms with Crippen LogP contribution in [0.4, 0.5) is 0 Å². The quantitative estimate of drug-likeness (QED) is 0.606. The van der Waals surface area contributed by atoms with Gasteiger partial charge < -0.3 is 10.2 Å². The third kappa shape index (κ3) is 2.21. The number of aryl methyl sites for hydroxylation is 1. The zero-order chi connectivity index (χ0) is 12.5. The number of benzene rings is 1. The minimum atomic E-state index is -1.56. The van der Waals surface area contributed by atoms with Crippen LogP contribution >= 0.6 is 0 Å². The number of rotatable bonds is 3. The van der Waals surface area contributed by atoms with Crippen molar-refractivity contribution in [1.29, 1.82) is 0 Å². The van der Waals surface area contributed by atoms with Crippen LogP contribution in [0.15, 0.2) is 12.1 Å². The second kappa shape index (κ2) is 4.35. The Labute approximate surface area is 93.5 Å². The summed E-state index contributed by atoms with van der Waals surface area (Å²) in [5.41, 5.74) is 1.55. The van der Waals surface area contributed by atoms with Gasteiger partial charge in [0.05, 0.1) is 5.56 Å². The fourth-order valence-corrected chi connectivity index (χ4v) is 1.63. The van der Waals surface area contributed by atoms with E-state index in [0.29, 0.717) is 0 Å². The van der Waals surface area contributed by atoms with Crippen LogP contribution in [0.1, 0.15) is 41.3 Å². The number of carboxylic acid groups (broad SMARTS) is 1. The Bertz CT molecular complexity index is 447. The van der Waals surface area contributed by atoms with Crippen LogP contribution in [0.5, 0.6) is 5.75 Å². The Morgan fingerprint density at radius 1 is 1.25 bits per heavy atom. The van der Waals surface area contributed by atoms with Gasteiger partial charge in [-0.1, -0.05) is 13.8 Å². The summed E-state index contributed by atoms with van der Waals surface area (Å²) in [4.78, 5) is 21.8. The second-order valence-electron chi connectivity index (χ2n) is 4.01. The number of aromatic hydroxyl groups is 1. The maximum atomic E-state index is 11.3. The molecule has 0 aromatic heterocycles. The van der Waals surface area contributed by atoms with Crippen molar-refractivity contribution in [2.45, 2.75) is 26.7 Å². The van der Waals surface area contributed by atoms with Crippen molar-refractivity contribution in [1.82, 2.24) is 0 Å². The van der Waals surface area contributed by atoms with Crippen molar-refractivity contribution < 1.29 is 19.8 Å². The molecule has 0 unspecified atom stereocenters. The van der Waals surface area contributed by atoms with E-state index in [1.807, 2.05) is 20.8 Å². The van der Waals surface area contributed by atoms with Crippen LogP contribution < -0.4 is 0 Å². The van der Waals surface area contributed by atoms with Gasteiger partial charge in [-0.2, -0.15) is 0 Å². The fraction of sp³-hybridized carbons (Fsp3) is 0.333. The standard InChI is InChI=1S/C12H14O4/c1-6(2)8-5-9(11(14)12(15)16)10(13)4-7(8)3/h4-6,13H,1-3H3,(H,15,16). The highest BCUT2D eigenvalue weighted by Crippen LogP contribution is 2.27. The number of phenolic OH excluding ortho intramolecular Hbond substituents is 1. The van der Waals surface area contributed by atoms with Crippen LogP contribution in [-0.4, -0.2) is 22.0 Å². The van der Waals surface area contributed by atoms with Crippen LogP contribution in [-0.2, 0) is 4.79 Å². The molecular formula is C12H14O4. The second-order valence-corrected chi connectivity index (χ2v) is 4.01. The van der Waals surface area contributed by atoms with E-state index in [4.69, 9.17) is 5.11 Å². The normalized spacial score (nSPS) is 10.5. The van der Waals surface area contributed by atoms with Crippen LogP contribution in [0.3, 0.4) is 0 Å². The monoisotopic (exact) mass is 222 g/mol. The molecule has 1 aromatic carbocycles. The first kappa shape index (κ1) is 12.2. The van der Waals surface area contributed by atoms with Gasteiger partial charge >= 0.3 is 5.97 Å². The summed E-state index contributed by atoms with van der Waals surface area (Å²) in [7, 11) is 0. The first-order valence-corrected chi connectivity index (χ1v) is 4.95. The summed E-state index contributed by atoms with van der Waals surface area (Å²) in [6.45, 7) is 5.69. The number of hydrogen-bond acceptors (Lipinski definition) is 3. The van der Waals surface area contributed by atoms with Gasteiger partial charge in [0.25, 0.3) is 5.78 Å². The lowest BCUT2D eigenvalue weighted by molar-refractivity contribution is -0.131. The lowest BCUT2D eigenvalue weighted by Gasteiger charge is -2.12. The maximum Gasteiger partial charge on any atom is 0.377 e. The number of carbonyl (C=O) groups is 2. The van der Waals surface area contributed by atoms with Crippen LogP contribution in [0.2, 0.25) is 0 Å². The number of ketones is 1. The fourth-order valence-electron chi connectivity index (χ4n) is 1.63. The molecule has 0 atom stereocenters. The van der Waals surface area contributed by atoms with E-state index in [1.54, 1.807) is 0 Å². The molecule has 0 aliphatic rings. The lowest BCUT2D eigenvalue weighted by atomic mass is 9.94. The number of aliphatic carboxylic acids is 1. The van der Waals surface area contributed by atoms with Gasteiger partial charge in [0.15, 0.2) is 0 Å². The third-order valence-corrected chi connectivity index (χ3v) is 2.45. The first-order valence-electron chi connectivity index (χ1n) is 4.95. The molecule has 0 fully saturated rings. The molecule has 16 heavy (non-hydrogen) atoms. The summed E-state index contributed by atoms with van der Waals surface area (Å²) in [6.07, 6.45) is 0. The summed E-state index contributed by atoms with van der Waals surface area (Å²) in [6, 6.07) is 2.87. The number of hydrogen-bond donors (Lipinski definition) is 2. The Kier molecular flexibility index (Phi) is 3.32. The number of Topliss-reactive ketones (excluding diaryl/α,β-unsaturated/α-hetero) is 1. The average molecular weight is 222 g/mol. The van der Waals surface area contributed by atoms with E-state index >= 15 is 0 Å². The molecule has 0 aliphatic carbocycles. The van der Waals surface area contributed by atoms with Crippen molar-refractivity contribution >= 4 is 11.8 Å². The van der Waals surface area contributed by atoms with Crippen molar-refractivity contribution in [3.05, 3.63) is 28.8 Å². The molecule has 0 bridgehead atoms. The van der Waals surface area contributed by atoms with Crippen molar-refractivity contribution in [3.63, 3.8) is 0 Å². The minimum absolute atomic E-state index is 0.151. The first-order chi connectivity index (χ1) is 7.34. The molecule has 0 amide bonds. The van der Waals surface area contributed by atoms with Crippen molar-refractivity contribution in [2.75, 3.05) is 0 Å². The summed E-state index contributed by atoms with van der Waals surface area (Å²) < 4.78 is 0. The van der Waals surface area contributed by atoms with Gasteiger partial charge in [0.2, 0.25) is 0 Å². The molecule has 0 saturated carbocycles. The highest BCUT2D eigenvalue weighted by atomic mass is 16.4. The largest absolute Gasteiger partial charge is 0.507 e. The van der Waals surface area contributed by atoms with Gasteiger partial charge in [-0.05, 0) is 36.1 Å². The third-order valence-electron chi connectivity index (χ3n) is 2.45. The van der Waals surface area contributed by atoms with Crippen LogP contribution in [0, 0.1) is 6.92 Å². The highest BCUT2D eigenvalue weighted by molar-refractivity contribution is 6.40. The van der Waals surface area contributed by atoms with Crippen molar-refractivity contribution in [3.8, 4) is 5.75 Å². The van der Waals surface area contributed by atoms with E-state index in [2.05, 4.69) is 0 Å². The molecule has 1 aromatic rings. The van der Waals surface area contributed by atoms with E-state index in [9.17, 15) is 14.7 Å². The summed E-state index contributed by atoms with van der Waals surface area (Å²) in [5.74, 6) is -2.76. The molecule has 2 N–H and O–H groups in total. The van der Waals surface area contributed by atoms with Gasteiger partial charge in [-0.15, -0.1) is 0 Å². The smallest absolute Gasteiger partial charge is 0.377 e. The predicted octanol–water partition coefficient (Wildman–Crippen LogP) is 2.09. The molecule has 0 heterocycles. The summed E-state index contributed by atoms with van der Waals surface area (Å²) in [5, 5.41) is 18.1. The lowest BCUT2D eigenvalue weighted by Crippen LogP contribution is -2.13. The molecule has 0 radical (unpaired) electrons. The van der Waals surface area contributed by atoms with Gasteiger partial charge in [0.1, 0.15) is 5.75 Å². The van der Waals surface area contributed by atoms with Crippen LogP contribution in [0.25, 0.3) is 0 Å². The van der Waals surface area contributed by atoms with E-state index in [-0.39, 0.29) is 17.2 Å². The topological polar surface area (TPSA) is 74.6 Å². The van der Waals surface area contributed by atoms with E-state index < -0.39 is 11.8 Å².